The van der Waals surface area contributed by atoms with Crippen LogP contribution in [0.2, 0.25) is 0 Å². The first-order chi connectivity index (χ1) is 11.5. The Balaban J connectivity index is 2.05. The number of benzene rings is 2. The largest absolute Gasteiger partial charge is 0.298 e. The molecule has 1 aliphatic rings. The van der Waals surface area contributed by atoms with E-state index in [1.807, 2.05) is 49.4 Å². The van der Waals surface area contributed by atoms with Gasteiger partial charge in [0.05, 0.1) is 5.69 Å². The van der Waals surface area contributed by atoms with E-state index in [0.29, 0.717) is 5.69 Å². The summed E-state index contributed by atoms with van der Waals surface area (Å²) < 4.78 is 1.02. The summed E-state index contributed by atoms with van der Waals surface area (Å²) in [5, 5.41) is 2.69. The molecule has 3 rings (SSSR count). The molecule has 0 bridgehead atoms. The zero-order valence-corrected chi connectivity index (χ0v) is 15.7. The maximum absolute atomic E-state index is 12.9. The van der Waals surface area contributed by atoms with E-state index in [1.54, 1.807) is 12.1 Å². The van der Waals surface area contributed by atoms with Gasteiger partial charge in [0.25, 0.3) is 11.8 Å². The van der Waals surface area contributed by atoms with Gasteiger partial charge in [0, 0.05) is 3.57 Å². The van der Waals surface area contributed by atoms with Crippen LogP contribution in [0.4, 0.5) is 5.69 Å². The zero-order chi connectivity index (χ0) is 17.3. The van der Waals surface area contributed by atoms with Crippen LogP contribution in [-0.2, 0) is 9.59 Å². The average Bonchev–Trinajstić information content (AvgIpc) is 2.53. The van der Waals surface area contributed by atoms with Gasteiger partial charge in [-0.05, 0) is 77.1 Å². The summed E-state index contributed by atoms with van der Waals surface area (Å²) in [6, 6.07) is 15.0. The molecule has 0 radical (unpaired) electrons. The molecule has 0 aliphatic carbocycles. The normalized spacial score (nSPS) is 16.5. The van der Waals surface area contributed by atoms with Gasteiger partial charge >= 0.3 is 0 Å². The first-order valence-electron chi connectivity index (χ1n) is 7.20. The number of anilines is 1. The molecule has 2 amide bonds. The predicted molar refractivity (Wildman–Crippen MR) is 107 cm³/mol. The van der Waals surface area contributed by atoms with Crippen molar-refractivity contribution in [3.63, 3.8) is 0 Å². The van der Waals surface area contributed by atoms with Gasteiger partial charge in [0.15, 0.2) is 5.11 Å². The number of halogens is 1. The van der Waals surface area contributed by atoms with Crippen LogP contribution in [0.1, 0.15) is 11.1 Å². The standard InChI is InChI=1S/C18H13IN2O2S/c1-11-5-2-3-8-15(11)21-17(23)14(16(22)20-18(21)24)10-12-6-4-7-13(19)9-12/h2-10H,1H3,(H,20,22,24). The summed E-state index contributed by atoms with van der Waals surface area (Å²) in [6.45, 7) is 1.89. The SMILES string of the molecule is Cc1ccccc1N1C(=O)C(=Cc2cccc(I)c2)C(=O)NC1=S. The van der Waals surface area contributed by atoms with Crippen LogP contribution in [0.25, 0.3) is 6.08 Å². The maximum atomic E-state index is 12.9. The first-order valence-corrected chi connectivity index (χ1v) is 8.69. The molecule has 0 saturated carbocycles. The van der Waals surface area contributed by atoms with Crippen molar-refractivity contribution in [2.24, 2.45) is 0 Å². The fourth-order valence-electron chi connectivity index (χ4n) is 2.45. The minimum atomic E-state index is -0.478. The smallest absolute Gasteiger partial charge is 0.270 e. The number of nitrogens with one attached hydrogen (secondary N) is 1. The second-order valence-corrected chi connectivity index (χ2v) is 6.93. The number of hydrogen-bond donors (Lipinski definition) is 1. The molecule has 1 saturated heterocycles. The van der Waals surface area contributed by atoms with E-state index in [2.05, 4.69) is 27.9 Å². The van der Waals surface area contributed by atoms with Crippen LogP contribution in [0.15, 0.2) is 54.1 Å². The minimum Gasteiger partial charge on any atom is -0.298 e. The van der Waals surface area contributed by atoms with Crippen LogP contribution < -0.4 is 10.2 Å². The third-order valence-corrected chi connectivity index (χ3v) is 4.57. The number of aryl methyl sites for hydroxylation is 1. The van der Waals surface area contributed by atoms with Crippen molar-refractivity contribution in [1.82, 2.24) is 5.32 Å². The fourth-order valence-corrected chi connectivity index (χ4v) is 3.29. The van der Waals surface area contributed by atoms with E-state index in [4.69, 9.17) is 12.2 Å². The van der Waals surface area contributed by atoms with E-state index in [1.165, 1.54) is 4.90 Å². The van der Waals surface area contributed by atoms with Gasteiger partial charge < -0.3 is 0 Å². The molecule has 1 N–H and O–H groups in total. The highest BCUT2D eigenvalue weighted by Crippen LogP contribution is 2.25. The lowest BCUT2D eigenvalue weighted by atomic mass is 10.1. The van der Waals surface area contributed by atoms with Gasteiger partial charge in [0.2, 0.25) is 0 Å². The Hall–Kier alpha value is -2.06. The van der Waals surface area contributed by atoms with Gasteiger partial charge in [-0.25, -0.2) is 0 Å². The highest BCUT2D eigenvalue weighted by Gasteiger charge is 2.34. The Kier molecular flexibility index (Phi) is 4.77. The summed E-state index contributed by atoms with van der Waals surface area (Å²) >= 11 is 7.39. The molecular formula is C18H13IN2O2S. The molecule has 6 heteroatoms. The van der Waals surface area contributed by atoms with Crippen molar-refractivity contribution in [2.75, 3.05) is 4.90 Å². The molecule has 0 aromatic heterocycles. The highest BCUT2D eigenvalue weighted by atomic mass is 127. The molecule has 1 aliphatic heterocycles. The lowest BCUT2D eigenvalue weighted by molar-refractivity contribution is -0.122. The van der Waals surface area contributed by atoms with Crippen LogP contribution in [-0.4, -0.2) is 16.9 Å². The summed E-state index contributed by atoms with van der Waals surface area (Å²) in [7, 11) is 0. The molecule has 4 nitrogen and oxygen atoms in total. The lowest BCUT2D eigenvalue weighted by Crippen LogP contribution is -2.54. The monoisotopic (exact) mass is 448 g/mol. The quantitative estimate of drug-likeness (QED) is 0.332. The molecule has 1 fully saturated rings. The molecule has 1 heterocycles. The molecule has 2 aromatic carbocycles. The lowest BCUT2D eigenvalue weighted by Gasteiger charge is -2.30. The first kappa shape index (κ1) is 16.8. The van der Waals surface area contributed by atoms with Gasteiger partial charge in [-0.1, -0.05) is 30.3 Å². The predicted octanol–water partition coefficient (Wildman–Crippen LogP) is 3.43. The van der Waals surface area contributed by atoms with Gasteiger partial charge in [-0.15, -0.1) is 0 Å². The summed E-state index contributed by atoms with van der Waals surface area (Å²) in [4.78, 5) is 26.5. The van der Waals surface area contributed by atoms with E-state index in [9.17, 15) is 9.59 Å². The number of rotatable bonds is 2. The summed E-state index contributed by atoms with van der Waals surface area (Å²) in [5.41, 5.74) is 2.42. The van der Waals surface area contributed by atoms with E-state index < -0.39 is 11.8 Å². The van der Waals surface area contributed by atoms with E-state index in [0.717, 1.165) is 14.7 Å². The Morgan fingerprint density at radius 2 is 1.88 bits per heavy atom. The van der Waals surface area contributed by atoms with Crippen LogP contribution in [0.3, 0.4) is 0 Å². The van der Waals surface area contributed by atoms with Crippen LogP contribution in [0.5, 0.6) is 0 Å². The molecule has 0 atom stereocenters. The van der Waals surface area contributed by atoms with Crippen molar-refractivity contribution >= 4 is 63.5 Å². The van der Waals surface area contributed by atoms with Crippen molar-refractivity contribution < 1.29 is 9.59 Å². The Labute approximate surface area is 158 Å². The van der Waals surface area contributed by atoms with Crippen molar-refractivity contribution in [1.29, 1.82) is 0 Å². The second kappa shape index (κ2) is 6.82. The third-order valence-electron chi connectivity index (χ3n) is 3.62. The number of amides is 2. The molecule has 0 spiro atoms. The fraction of sp³-hybridized carbons (Fsp3) is 0.0556. The highest BCUT2D eigenvalue weighted by molar-refractivity contribution is 14.1. The second-order valence-electron chi connectivity index (χ2n) is 5.30. The Morgan fingerprint density at radius 3 is 2.58 bits per heavy atom. The molecule has 2 aromatic rings. The van der Waals surface area contributed by atoms with Crippen molar-refractivity contribution in [3.8, 4) is 0 Å². The van der Waals surface area contributed by atoms with Crippen molar-refractivity contribution in [2.45, 2.75) is 6.92 Å². The average molecular weight is 448 g/mol. The molecule has 24 heavy (non-hydrogen) atoms. The van der Waals surface area contributed by atoms with E-state index in [-0.39, 0.29) is 10.7 Å². The van der Waals surface area contributed by atoms with Crippen LogP contribution in [0, 0.1) is 10.5 Å². The number of nitrogens with zero attached hydrogens (tertiary/aromatic N) is 1. The molecule has 0 unspecified atom stereocenters. The maximum Gasteiger partial charge on any atom is 0.270 e. The molecular weight excluding hydrogens is 435 g/mol. The van der Waals surface area contributed by atoms with Gasteiger partial charge in [0.1, 0.15) is 5.57 Å². The third kappa shape index (κ3) is 3.25. The summed E-state index contributed by atoms with van der Waals surface area (Å²) in [6.07, 6.45) is 1.59. The topological polar surface area (TPSA) is 49.4 Å². The number of carbonyl (C=O) groups excluding carboxylic acids is 2. The number of para-hydroxylation sites is 1. The van der Waals surface area contributed by atoms with Crippen LogP contribution >= 0.6 is 34.8 Å². The summed E-state index contributed by atoms with van der Waals surface area (Å²) in [5.74, 6) is -0.898. The minimum absolute atomic E-state index is 0.0638. The van der Waals surface area contributed by atoms with E-state index >= 15 is 0 Å². The number of thiocarbonyl (C=S) groups is 1. The Bertz CT molecular complexity index is 892. The Morgan fingerprint density at radius 1 is 1.12 bits per heavy atom. The number of carbonyl (C=O) groups is 2. The zero-order valence-electron chi connectivity index (χ0n) is 12.7. The van der Waals surface area contributed by atoms with Gasteiger partial charge in [-0.2, -0.15) is 0 Å². The molecule has 120 valence electrons. The van der Waals surface area contributed by atoms with Crippen molar-refractivity contribution in [3.05, 3.63) is 68.8 Å². The van der Waals surface area contributed by atoms with Gasteiger partial charge in [-0.3, -0.25) is 19.8 Å². The number of hydrogen-bond acceptors (Lipinski definition) is 3.